The van der Waals surface area contributed by atoms with E-state index >= 15 is 0 Å². The fraction of sp³-hybridized carbons (Fsp3) is 0.429. The van der Waals surface area contributed by atoms with E-state index in [1.54, 1.807) is 13.8 Å². The Kier molecular flexibility index (Phi) is 8.02. The highest BCUT2D eigenvalue weighted by molar-refractivity contribution is 5.78. The van der Waals surface area contributed by atoms with Gasteiger partial charge in [-0.2, -0.15) is 13.2 Å². The number of alkyl halides is 3. The molecule has 0 spiro atoms. The van der Waals surface area contributed by atoms with Gasteiger partial charge in [-0.1, -0.05) is 13.8 Å². The van der Waals surface area contributed by atoms with Crippen LogP contribution >= 0.6 is 0 Å². The summed E-state index contributed by atoms with van der Waals surface area (Å²) in [7, 11) is 0. The number of nitrogens with zero attached hydrogens (tertiary/aromatic N) is 1. The molecule has 0 saturated heterocycles. The van der Waals surface area contributed by atoms with Crippen molar-refractivity contribution in [3.05, 3.63) is 54.1 Å². The predicted octanol–water partition coefficient (Wildman–Crippen LogP) is 4.69. The van der Waals surface area contributed by atoms with Gasteiger partial charge >= 0.3 is 6.18 Å². The first-order valence-corrected chi connectivity index (χ1v) is 9.39. The molecule has 164 valence electrons. The number of halogens is 4. The van der Waals surface area contributed by atoms with Crippen LogP contribution < -0.4 is 14.8 Å². The highest BCUT2D eigenvalue weighted by Gasteiger charge is 2.28. The summed E-state index contributed by atoms with van der Waals surface area (Å²) in [6.45, 7) is 4.24. The van der Waals surface area contributed by atoms with Crippen molar-refractivity contribution in [2.45, 2.75) is 33.0 Å². The summed E-state index contributed by atoms with van der Waals surface area (Å²) in [5.41, 5.74) is 0.491. The molecule has 0 fully saturated rings. The van der Waals surface area contributed by atoms with Crippen LogP contribution in [0, 0.1) is 17.7 Å². The van der Waals surface area contributed by atoms with E-state index in [2.05, 4.69) is 15.0 Å². The van der Waals surface area contributed by atoms with Gasteiger partial charge in [-0.3, -0.25) is 9.78 Å². The molecule has 9 heteroatoms. The van der Waals surface area contributed by atoms with Gasteiger partial charge in [0.25, 0.3) is 0 Å². The van der Waals surface area contributed by atoms with Gasteiger partial charge in [0.1, 0.15) is 17.3 Å². The molecule has 0 aliphatic rings. The van der Waals surface area contributed by atoms with Gasteiger partial charge < -0.3 is 14.8 Å². The predicted molar refractivity (Wildman–Crippen MR) is 103 cm³/mol. The van der Waals surface area contributed by atoms with E-state index in [0.29, 0.717) is 11.4 Å². The Labute approximate surface area is 172 Å². The summed E-state index contributed by atoms with van der Waals surface area (Å²) in [4.78, 5) is 16.6. The van der Waals surface area contributed by atoms with Crippen LogP contribution in [0.5, 0.6) is 11.5 Å². The second kappa shape index (κ2) is 10.3. The number of hydrogen-bond acceptors (Lipinski definition) is 4. The maximum Gasteiger partial charge on any atom is 0.422 e. The van der Waals surface area contributed by atoms with E-state index in [1.807, 2.05) is 6.92 Å². The lowest BCUT2D eigenvalue weighted by Gasteiger charge is -2.22. The van der Waals surface area contributed by atoms with Gasteiger partial charge in [-0.15, -0.1) is 0 Å². The van der Waals surface area contributed by atoms with E-state index in [-0.39, 0.29) is 35.9 Å². The fourth-order valence-electron chi connectivity index (χ4n) is 2.48. The number of rotatable bonds is 9. The lowest BCUT2D eigenvalue weighted by Crippen LogP contribution is -2.36. The molecule has 2 rings (SSSR count). The minimum Gasteiger partial charge on any atom is -0.493 e. The van der Waals surface area contributed by atoms with Gasteiger partial charge in [-0.05, 0) is 43.3 Å². The molecule has 30 heavy (non-hydrogen) atoms. The summed E-state index contributed by atoms with van der Waals surface area (Å²) in [6.07, 6.45) is -3.24. The molecule has 0 aliphatic heterocycles. The zero-order chi connectivity index (χ0) is 22.3. The number of benzene rings is 1. The molecule has 3 atom stereocenters. The molecule has 0 unspecified atom stereocenters. The Morgan fingerprint density at radius 2 is 1.67 bits per heavy atom. The molecule has 0 radical (unpaired) electrons. The van der Waals surface area contributed by atoms with Crippen LogP contribution in [0.25, 0.3) is 0 Å². The number of nitrogens with one attached hydrogen (secondary N) is 1. The molecule has 0 bridgehead atoms. The maximum absolute atomic E-state index is 12.9. The molecule has 1 aromatic heterocycles. The lowest BCUT2D eigenvalue weighted by molar-refractivity contribution is -0.153. The van der Waals surface area contributed by atoms with E-state index in [4.69, 9.17) is 4.74 Å². The van der Waals surface area contributed by atoms with Gasteiger partial charge in [0.2, 0.25) is 5.91 Å². The Morgan fingerprint density at radius 1 is 1.03 bits per heavy atom. The molecule has 1 heterocycles. The largest absolute Gasteiger partial charge is 0.493 e. The van der Waals surface area contributed by atoms with E-state index in [9.17, 15) is 22.4 Å². The normalized spacial score (nSPS) is 14.5. The van der Waals surface area contributed by atoms with Crippen molar-refractivity contribution in [1.82, 2.24) is 10.3 Å². The topological polar surface area (TPSA) is 60.5 Å². The Hall–Kier alpha value is -2.84. The monoisotopic (exact) mass is 428 g/mol. The van der Waals surface area contributed by atoms with Crippen LogP contribution in [0.15, 0.2) is 42.6 Å². The van der Waals surface area contributed by atoms with Crippen molar-refractivity contribution < 1.29 is 31.8 Å². The van der Waals surface area contributed by atoms with E-state index < -0.39 is 18.8 Å². The SMILES string of the molecule is C[C@@H](NC(=O)[C@H](C)[C@@H](C)COc1ccc(F)cc1)c1ccc(OCC(F)(F)F)cn1. The summed E-state index contributed by atoms with van der Waals surface area (Å²) in [6, 6.07) is 8.06. The molecule has 1 aromatic carbocycles. The zero-order valence-electron chi connectivity index (χ0n) is 16.9. The number of pyridine rings is 1. The van der Waals surface area contributed by atoms with Crippen LogP contribution in [-0.4, -0.2) is 30.3 Å². The lowest BCUT2D eigenvalue weighted by atomic mass is 9.95. The first-order chi connectivity index (χ1) is 14.0. The second-order valence-corrected chi connectivity index (χ2v) is 7.08. The maximum atomic E-state index is 12.9. The minimum atomic E-state index is -4.42. The van der Waals surface area contributed by atoms with Crippen LogP contribution in [0.2, 0.25) is 0 Å². The molecule has 0 saturated carbocycles. The number of carbonyl (C=O) groups is 1. The molecule has 2 aromatic rings. The third-order valence-corrected chi connectivity index (χ3v) is 4.56. The number of ether oxygens (including phenoxy) is 2. The quantitative estimate of drug-likeness (QED) is 0.589. The Bertz CT molecular complexity index is 810. The third-order valence-electron chi connectivity index (χ3n) is 4.56. The molecule has 5 nitrogen and oxygen atoms in total. The average molecular weight is 428 g/mol. The van der Waals surface area contributed by atoms with E-state index in [0.717, 1.165) is 0 Å². The Balaban J connectivity index is 1.83. The van der Waals surface area contributed by atoms with Crippen molar-refractivity contribution in [1.29, 1.82) is 0 Å². The van der Waals surface area contributed by atoms with Gasteiger partial charge in [0.05, 0.1) is 24.5 Å². The van der Waals surface area contributed by atoms with Crippen molar-refractivity contribution in [2.75, 3.05) is 13.2 Å². The van der Waals surface area contributed by atoms with Crippen molar-refractivity contribution in [2.24, 2.45) is 11.8 Å². The van der Waals surface area contributed by atoms with Crippen LogP contribution in [0.1, 0.15) is 32.5 Å². The van der Waals surface area contributed by atoms with Crippen LogP contribution in [-0.2, 0) is 4.79 Å². The Morgan fingerprint density at radius 3 is 2.23 bits per heavy atom. The van der Waals surface area contributed by atoms with Crippen LogP contribution in [0.3, 0.4) is 0 Å². The average Bonchev–Trinajstić information content (AvgIpc) is 2.70. The first-order valence-electron chi connectivity index (χ1n) is 9.39. The molecule has 1 N–H and O–H groups in total. The van der Waals surface area contributed by atoms with E-state index in [1.165, 1.54) is 42.6 Å². The van der Waals surface area contributed by atoms with Crippen molar-refractivity contribution in [3.63, 3.8) is 0 Å². The van der Waals surface area contributed by atoms with Crippen molar-refractivity contribution >= 4 is 5.91 Å². The standard InChI is InChI=1S/C21H24F4N2O3/c1-13(11-29-17-6-4-16(22)5-7-17)14(2)20(28)27-15(3)19-9-8-18(10-26-19)30-12-21(23,24)25/h4-10,13-15H,11-12H2,1-3H3,(H,27,28)/t13-,14+,15+/m0/s1. The molecular weight excluding hydrogens is 404 g/mol. The summed E-state index contributed by atoms with van der Waals surface area (Å²) < 4.78 is 59.7. The number of amides is 1. The number of carbonyl (C=O) groups excluding carboxylic acids is 1. The van der Waals surface area contributed by atoms with Gasteiger partial charge in [0.15, 0.2) is 6.61 Å². The zero-order valence-corrected chi connectivity index (χ0v) is 16.9. The third kappa shape index (κ3) is 7.53. The highest BCUT2D eigenvalue weighted by atomic mass is 19.4. The molecular formula is C21H24F4N2O3. The van der Waals surface area contributed by atoms with Gasteiger partial charge in [0, 0.05) is 11.8 Å². The fourth-order valence-corrected chi connectivity index (χ4v) is 2.48. The van der Waals surface area contributed by atoms with Crippen molar-refractivity contribution in [3.8, 4) is 11.5 Å². The molecule has 1 amide bonds. The summed E-state index contributed by atoms with van der Waals surface area (Å²) in [5, 5.41) is 2.83. The second-order valence-electron chi connectivity index (χ2n) is 7.08. The smallest absolute Gasteiger partial charge is 0.422 e. The van der Waals surface area contributed by atoms with Gasteiger partial charge in [-0.25, -0.2) is 4.39 Å². The number of hydrogen-bond donors (Lipinski definition) is 1. The number of aromatic nitrogens is 1. The first kappa shape index (κ1) is 23.4. The highest BCUT2D eigenvalue weighted by Crippen LogP contribution is 2.21. The summed E-state index contributed by atoms with van der Waals surface area (Å²) in [5.74, 6) is -0.547. The summed E-state index contributed by atoms with van der Waals surface area (Å²) >= 11 is 0. The molecule has 0 aliphatic carbocycles. The van der Waals surface area contributed by atoms with Crippen LogP contribution in [0.4, 0.5) is 17.6 Å². The minimum absolute atomic E-state index is 0.00506.